The van der Waals surface area contributed by atoms with Crippen molar-refractivity contribution in [2.75, 3.05) is 4.90 Å². The number of hydrogen-bond donors (Lipinski definition) is 0. The summed E-state index contributed by atoms with van der Waals surface area (Å²) in [6, 6.07) is 4.10. The van der Waals surface area contributed by atoms with Crippen molar-refractivity contribution in [3.8, 4) is 0 Å². The van der Waals surface area contributed by atoms with E-state index in [1.54, 1.807) is 13.8 Å². The highest BCUT2D eigenvalue weighted by Crippen LogP contribution is 2.32. The molecule has 2 unspecified atom stereocenters. The number of rotatable bonds is 1. The van der Waals surface area contributed by atoms with Gasteiger partial charge in [-0.25, -0.2) is 4.39 Å². The predicted molar refractivity (Wildman–Crippen MR) is 64.9 cm³/mol. The number of amides is 2. The Morgan fingerprint density at radius 1 is 1.18 bits per heavy atom. The van der Waals surface area contributed by atoms with Crippen molar-refractivity contribution < 1.29 is 14.0 Å². The van der Waals surface area contributed by atoms with Gasteiger partial charge in [0.25, 0.3) is 0 Å². The first-order valence-corrected chi connectivity index (χ1v) is 6.05. The fraction of sp³-hybridized carbons (Fsp3) is 0.333. The van der Waals surface area contributed by atoms with E-state index in [1.165, 1.54) is 18.2 Å². The minimum atomic E-state index is -0.422. The first-order chi connectivity index (χ1) is 7.93. The number of hydrogen-bond acceptors (Lipinski definition) is 2. The van der Waals surface area contributed by atoms with Gasteiger partial charge in [0.1, 0.15) is 5.82 Å². The van der Waals surface area contributed by atoms with Crippen LogP contribution in [-0.4, -0.2) is 11.8 Å². The molecule has 2 atom stereocenters. The van der Waals surface area contributed by atoms with Crippen LogP contribution in [0.25, 0.3) is 0 Å². The monoisotopic (exact) mass is 299 g/mol. The number of carbonyl (C=O) groups excluding carboxylic acids is 2. The van der Waals surface area contributed by atoms with Crippen LogP contribution in [0.4, 0.5) is 10.1 Å². The maximum atomic E-state index is 13.1. The number of carbonyl (C=O) groups is 2. The Morgan fingerprint density at radius 3 is 2.18 bits per heavy atom. The highest BCUT2D eigenvalue weighted by molar-refractivity contribution is 9.10. The maximum Gasteiger partial charge on any atom is 0.237 e. The van der Waals surface area contributed by atoms with Gasteiger partial charge in [-0.15, -0.1) is 0 Å². The molecule has 0 saturated carbocycles. The van der Waals surface area contributed by atoms with E-state index in [0.717, 1.165) is 4.90 Å². The molecule has 1 aliphatic rings. The second-order valence-electron chi connectivity index (χ2n) is 4.19. The molecule has 1 heterocycles. The quantitative estimate of drug-likeness (QED) is 0.748. The van der Waals surface area contributed by atoms with E-state index < -0.39 is 5.82 Å². The van der Waals surface area contributed by atoms with Crippen LogP contribution < -0.4 is 4.90 Å². The summed E-state index contributed by atoms with van der Waals surface area (Å²) in [5.41, 5.74) is 0.407. The van der Waals surface area contributed by atoms with Crippen LogP contribution in [0.15, 0.2) is 22.7 Å². The van der Waals surface area contributed by atoms with Gasteiger partial charge in [-0.3, -0.25) is 14.5 Å². The molecule has 3 nitrogen and oxygen atoms in total. The van der Waals surface area contributed by atoms with Gasteiger partial charge in [0.2, 0.25) is 11.8 Å². The molecule has 0 aliphatic carbocycles. The van der Waals surface area contributed by atoms with E-state index in [0.29, 0.717) is 5.69 Å². The molecule has 0 N–H and O–H groups in total. The number of anilines is 1. The fourth-order valence-corrected chi connectivity index (χ4v) is 2.19. The zero-order chi connectivity index (χ0) is 12.7. The second kappa shape index (κ2) is 4.22. The lowest BCUT2D eigenvalue weighted by atomic mass is 10.00. The Hall–Kier alpha value is -1.23. The highest BCUT2D eigenvalue weighted by Gasteiger charge is 2.43. The molecule has 0 bridgehead atoms. The van der Waals surface area contributed by atoms with Crippen LogP contribution >= 0.6 is 15.9 Å². The summed E-state index contributed by atoms with van der Waals surface area (Å²) >= 11 is 3.04. The molecule has 0 radical (unpaired) electrons. The zero-order valence-corrected chi connectivity index (χ0v) is 11.0. The Labute approximate surface area is 107 Å². The smallest absolute Gasteiger partial charge is 0.237 e. The standard InChI is InChI=1S/C12H11BrFNO2/c1-6-7(2)12(17)15(11(6)16)8-3-4-10(14)9(13)5-8/h3-7H,1-2H3. The number of halogens is 2. The van der Waals surface area contributed by atoms with E-state index in [4.69, 9.17) is 0 Å². The fourth-order valence-electron chi connectivity index (χ4n) is 1.82. The molecule has 17 heavy (non-hydrogen) atoms. The summed E-state index contributed by atoms with van der Waals surface area (Å²) in [6.45, 7) is 3.45. The van der Waals surface area contributed by atoms with Crippen LogP contribution in [0.3, 0.4) is 0 Å². The van der Waals surface area contributed by atoms with Gasteiger partial charge >= 0.3 is 0 Å². The first-order valence-electron chi connectivity index (χ1n) is 5.26. The zero-order valence-electron chi connectivity index (χ0n) is 9.41. The predicted octanol–water partition coefficient (Wildman–Crippen LogP) is 2.73. The van der Waals surface area contributed by atoms with E-state index in [-0.39, 0.29) is 28.1 Å². The number of imide groups is 1. The lowest BCUT2D eigenvalue weighted by molar-refractivity contribution is -0.122. The molecule has 1 fully saturated rings. The third-order valence-corrected chi connectivity index (χ3v) is 3.74. The highest BCUT2D eigenvalue weighted by atomic mass is 79.9. The Kier molecular flexibility index (Phi) is 3.03. The third kappa shape index (κ3) is 1.88. The lowest BCUT2D eigenvalue weighted by Crippen LogP contribution is -2.30. The van der Waals surface area contributed by atoms with Gasteiger partial charge in [-0.2, -0.15) is 0 Å². The van der Waals surface area contributed by atoms with E-state index in [9.17, 15) is 14.0 Å². The molecule has 0 spiro atoms. The molecular formula is C12H11BrFNO2. The summed E-state index contributed by atoms with van der Waals surface area (Å²) in [4.78, 5) is 25.0. The van der Waals surface area contributed by atoms with Crippen molar-refractivity contribution in [3.05, 3.63) is 28.5 Å². The van der Waals surface area contributed by atoms with Gasteiger partial charge in [0.15, 0.2) is 0 Å². The summed E-state index contributed by atoms with van der Waals surface area (Å²) in [5, 5.41) is 0. The van der Waals surface area contributed by atoms with Gasteiger partial charge in [-0.1, -0.05) is 13.8 Å². The topological polar surface area (TPSA) is 37.4 Å². The Morgan fingerprint density at radius 2 is 1.71 bits per heavy atom. The van der Waals surface area contributed by atoms with Gasteiger partial charge < -0.3 is 0 Å². The first kappa shape index (κ1) is 12.2. The van der Waals surface area contributed by atoms with E-state index in [2.05, 4.69) is 15.9 Å². The number of benzene rings is 1. The van der Waals surface area contributed by atoms with Crippen LogP contribution in [-0.2, 0) is 9.59 Å². The van der Waals surface area contributed by atoms with Crippen molar-refractivity contribution >= 4 is 33.4 Å². The largest absolute Gasteiger partial charge is 0.274 e. The molecule has 2 rings (SSSR count). The van der Waals surface area contributed by atoms with Crippen molar-refractivity contribution in [2.45, 2.75) is 13.8 Å². The van der Waals surface area contributed by atoms with E-state index in [1.807, 2.05) is 0 Å². The minimum absolute atomic E-state index is 0.235. The van der Waals surface area contributed by atoms with Crippen LogP contribution in [0.5, 0.6) is 0 Å². The van der Waals surface area contributed by atoms with Gasteiger partial charge in [0.05, 0.1) is 10.2 Å². The van der Waals surface area contributed by atoms with Crippen molar-refractivity contribution in [3.63, 3.8) is 0 Å². The summed E-state index contributed by atoms with van der Waals surface area (Å²) in [7, 11) is 0. The molecule has 1 aromatic rings. The molecule has 1 aliphatic heterocycles. The maximum absolute atomic E-state index is 13.1. The molecule has 2 amide bonds. The molecule has 5 heteroatoms. The second-order valence-corrected chi connectivity index (χ2v) is 5.04. The number of nitrogens with zero attached hydrogens (tertiary/aromatic N) is 1. The average Bonchev–Trinajstić information content (AvgIpc) is 2.48. The molecule has 1 saturated heterocycles. The Balaban J connectivity index is 2.43. The normalized spacial score (nSPS) is 24.6. The average molecular weight is 300 g/mol. The molecule has 90 valence electrons. The van der Waals surface area contributed by atoms with Crippen molar-refractivity contribution in [2.24, 2.45) is 11.8 Å². The van der Waals surface area contributed by atoms with Gasteiger partial charge in [0, 0.05) is 11.8 Å². The minimum Gasteiger partial charge on any atom is -0.274 e. The summed E-state index contributed by atoms with van der Waals surface area (Å²) in [5.74, 6) is -1.55. The van der Waals surface area contributed by atoms with Crippen LogP contribution in [0, 0.1) is 17.7 Å². The van der Waals surface area contributed by atoms with Crippen LogP contribution in [0.1, 0.15) is 13.8 Å². The van der Waals surface area contributed by atoms with E-state index >= 15 is 0 Å². The molecular weight excluding hydrogens is 289 g/mol. The van der Waals surface area contributed by atoms with Crippen LogP contribution in [0.2, 0.25) is 0 Å². The van der Waals surface area contributed by atoms with Crippen molar-refractivity contribution in [1.29, 1.82) is 0 Å². The summed E-state index contributed by atoms with van der Waals surface area (Å²) < 4.78 is 13.3. The third-order valence-electron chi connectivity index (χ3n) is 3.13. The lowest BCUT2D eigenvalue weighted by Gasteiger charge is -2.14. The Bertz CT molecular complexity index is 483. The van der Waals surface area contributed by atoms with Gasteiger partial charge in [-0.05, 0) is 34.1 Å². The molecule has 1 aromatic carbocycles. The summed E-state index contributed by atoms with van der Waals surface area (Å²) in [6.07, 6.45) is 0. The SMILES string of the molecule is CC1C(=O)N(c2ccc(F)c(Br)c2)C(=O)C1C. The molecule has 0 aromatic heterocycles. The van der Waals surface area contributed by atoms with Crippen molar-refractivity contribution in [1.82, 2.24) is 0 Å².